The minimum Gasteiger partial charge on any atom is -0.369 e. The van der Waals surface area contributed by atoms with Gasteiger partial charge in [-0.2, -0.15) is 0 Å². The molecule has 0 bridgehead atoms. The predicted molar refractivity (Wildman–Crippen MR) is 80.5 cm³/mol. The number of nitrogens with zero attached hydrogens (tertiary/aromatic N) is 2. The van der Waals surface area contributed by atoms with Crippen LogP contribution in [0.3, 0.4) is 0 Å². The van der Waals surface area contributed by atoms with Gasteiger partial charge >= 0.3 is 0 Å². The lowest BCUT2D eigenvalue weighted by Crippen LogP contribution is -2.50. The first-order chi connectivity index (χ1) is 9.14. The first-order valence-electron chi connectivity index (χ1n) is 7.31. The molecule has 1 fully saturated rings. The van der Waals surface area contributed by atoms with E-state index in [1.54, 1.807) is 0 Å². The molecule has 1 spiro atoms. The van der Waals surface area contributed by atoms with E-state index in [0.29, 0.717) is 5.96 Å². The lowest BCUT2D eigenvalue weighted by molar-refractivity contribution is 0.434. The Morgan fingerprint density at radius 1 is 1.47 bits per heavy atom. The second-order valence-corrected chi connectivity index (χ2v) is 6.09. The smallest absolute Gasteiger partial charge is 0.196 e. The van der Waals surface area contributed by atoms with E-state index >= 15 is 0 Å². The molecule has 3 rings (SSSR count). The molecule has 1 heterocycles. The van der Waals surface area contributed by atoms with E-state index in [9.17, 15) is 0 Å². The van der Waals surface area contributed by atoms with Gasteiger partial charge in [0, 0.05) is 5.69 Å². The zero-order valence-corrected chi connectivity index (χ0v) is 11.9. The maximum atomic E-state index is 6.18. The molecule has 1 aliphatic carbocycles. The van der Waals surface area contributed by atoms with E-state index in [1.165, 1.54) is 36.9 Å². The Hall–Kier alpha value is -1.51. The lowest BCUT2D eigenvalue weighted by Gasteiger charge is -2.36. The molecule has 2 aliphatic rings. The zero-order chi connectivity index (χ0) is 13.5. The van der Waals surface area contributed by atoms with Crippen LogP contribution in [0, 0.1) is 12.8 Å². The van der Waals surface area contributed by atoms with E-state index < -0.39 is 0 Å². The fraction of sp³-hybridized carbons (Fsp3) is 0.562. The minimum atomic E-state index is 0.151. The highest BCUT2D eigenvalue weighted by Gasteiger charge is 2.47. The highest BCUT2D eigenvalue weighted by Crippen LogP contribution is 2.44. The van der Waals surface area contributed by atoms with Crippen LogP contribution >= 0.6 is 0 Å². The Bertz CT molecular complexity index is 508. The molecule has 2 atom stereocenters. The number of rotatable bonds is 2. The summed E-state index contributed by atoms with van der Waals surface area (Å²) in [6.45, 7) is 5.28. The van der Waals surface area contributed by atoms with Crippen molar-refractivity contribution in [2.45, 2.75) is 45.1 Å². The average Bonchev–Trinajstić information content (AvgIpc) is 2.95. The molecule has 3 heteroatoms. The van der Waals surface area contributed by atoms with Gasteiger partial charge in [0.05, 0.1) is 12.1 Å². The van der Waals surface area contributed by atoms with Crippen LogP contribution in [0.4, 0.5) is 5.69 Å². The van der Waals surface area contributed by atoms with Gasteiger partial charge in [-0.1, -0.05) is 25.5 Å². The number of hydrogen-bond acceptors (Lipinski definition) is 3. The van der Waals surface area contributed by atoms with Crippen molar-refractivity contribution in [1.29, 1.82) is 0 Å². The molecule has 1 aromatic rings. The van der Waals surface area contributed by atoms with Gasteiger partial charge in [0.1, 0.15) is 0 Å². The molecule has 102 valence electrons. The molecule has 19 heavy (non-hydrogen) atoms. The summed E-state index contributed by atoms with van der Waals surface area (Å²) >= 11 is 0. The first kappa shape index (κ1) is 12.5. The van der Waals surface area contributed by atoms with Crippen LogP contribution in [0.5, 0.6) is 0 Å². The molecule has 1 saturated carbocycles. The van der Waals surface area contributed by atoms with Crippen LogP contribution in [0.25, 0.3) is 0 Å². The van der Waals surface area contributed by atoms with Crippen molar-refractivity contribution in [3.63, 3.8) is 0 Å². The van der Waals surface area contributed by atoms with Crippen LogP contribution in [0.1, 0.15) is 38.2 Å². The summed E-state index contributed by atoms with van der Waals surface area (Å²) < 4.78 is 0. The van der Waals surface area contributed by atoms with Crippen LogP contribution in [0.15, 0.2) is 29.3 Å². The van der Waals surface area contributed by atoms with Crippen LogP contribution in [-0.4, -0.2) is 18.0 Å². The molecule has 1 aromatic carbocycles. The molecule has 2 unspecified atom stereocenters. The molecule has 1 aliphatic heterocycles. The summed E-state index contributed by atoms with van der Waals surface area (Å²) in [6, 6.07) is 8.61. The van der Waals surface area contributed by atoms with E-state index in [-0.39, 0.29) is 5.54 Å². The Balaban J connectivity index is 1.95. The SMILES string of the molecule is CCC1CCC2(CN=C(N)N2c2cccc(C)c2)C1. The summed E-state index contributed by atoms with van der Waals surface area (Å²) in [5.41, 5.74) is 8.81. The first-order valence-corrected chi connectivity index (χ1v) is 7.31. The predicted octanol–water partition coefficient (Wildman–Crippen LogP) is 3.08. The van der Waals surface area contributed by atoms with Gasteiger partial charge in [0.2, 0.25) is 0 Å². The van der Waals surface area contributed by atoms with Crippen molar-refractivity contribution >= 4 is 11.6 Å². The third kappa shape index (κ3) is 2.01. The molecular formula is C16H23N3. The van der Waals surface area contributed by atoms with E-state index in [0.717, 1.165) is 12.5 Å². The third-order valence-corrected chi connectivity index (χ3v) is 4.76. The second-order valence-electron chi connectivity index (χ2n) is 6.09. The maximum Gasteiger partial charge on any atom is 0.196 e. The number of aryl methyl sites for hydroxylation is 1. The maximum absolute atomic E-state index is 6.18. The molecular weight excluding hydrogens is 234 g/mol. The Labute approximate surface area is 115 Å². The molecule has 0 aromatic heterocycles. The van der Waals surface area contributed by atoms with Gasteiger partial charge in [0.25, 0.3) is 0 Å². The summed E-state index contributed by atoms with van der Waals surface area (Å²) in [5.74, 6) is 1.52. The van der Waals surface area contributed by atoms with Crippen LogP contribution in [0.2, 0.25) is 0 Å². The van der Waals surface area contributed by atoms with Crippen molar-refractivity contribution < 1.29 is 0 Å². The molecule has 0 amide bonds. The zero-order valence-electron chi connectivity index (χ0n) is 11.9. The summed E-state index contributed by atoms with van der Waals surface area (Å²) in [7, 11) is 0. The third-order valence-electron chi connectivity index (χ3n) is 4.76. The van der Waals surface area contributed by atoms with Gasteiger partial charge in [-0.25, -0.2) is 0 Å². The topological polar surface area (TPSA) is 41.6 Å². The number of anilines is 1. The Morgan fingerprint density at radius 2 is 2.32 bits per heavy atom. The number of aliphatic imine (C=N–C) groups is 1. The Morgan fingerprint density at radius 3 is 3.00 bits per heavy atom. The second kappa shape index (κ2) is 4.55. The van der Waals surface area contributed by atoms with Gasteiger partial charge in [-0.3, -0.25) is 4.99 Å². The summed E-state index contributed by atoms with van der Waals surface area (Å²) in [5, 5.41) is 0. The van der Waals surface area contributed by atoms with Crippen molar-refractivity contribution in [2.75, 3.05) is 11.4 Å². The van der Waals surface area contributed by atoms with Gasteiger partial charge in [0.15, 0.2) is 5.96 Å². The monoisotopic (exact) mass is 257 g/mol. The van der Waals surface area contributed by atoms with Crippen molar-refractivity contribution in [1.82, 2.24) is 0 Å². The van der Waals surface area contributed by atoms with Crippen LogP contribution < -0.4 is 10.6 Å². The quantitative estimate of drug-likeness (QED) is 0.884. The van der Waals surface area contributed by atoms with Gasteiger partial charge in [-0.15, -0.1) is 0 Å². The molecule has 2 N–H and O–H groups in total. The highest BCUT2D eigenvalue weighted by molar-refractivity contribution is 5.98. The lowest BCUT2D eigenvalue weighted by atomic mass is 9.93. The Kier molecular flexibility index (Phi) is 3.00. The van der Waals surface area contributed by atoms with Crippen molar-refractivity contribution in [3.05, 3.63) is 29.8 Å². The van der Waals surface area contributed by atoms with E-state index in [1.807, 2.05) is 0 Å². The fourth-order valence-corrected chi connectivity index (χ4v) is 3.70. The standard InChI is InChI=1S/C16H23N3/c1-3-13-7-8-16(10-13)11-18-15(17)19(16)14-6-4-5-12(2)9-14/h4-6,9,13H,3,7-8,10-11H2,1-2H3,(H2,17,18). The largest absolute Gasteiger partial charge is 0.369 e. The number of guanidine groups is 1. The fourth-order valence-electron chi connectivity index (χ4n) is 3.70. The molecule has 0 saturated heterocycles. The van der Waals surface area contributed by atoms with Gasteiger partial charge < -0.3 is 10.6 Å². The summed E-state index contributed by atoms with van der Waals surface area (Å²) in [4.78, 5) is 6.85. The number of benzene rings is 1. The van der Waals surface area contributed by atoms with Gasteiger partial charge in [-0.05, 0) is 49.8 Å². The van der Waals surface area contributed by atoms with E-state index in [4.69, 9.17) is 5.73 Å². The number of hydrogen-bond donors (Lipinski definition) is 1. The molecule has 3 nitrogen and oxygen atoms in total. The highest BCUT2D eigenvalue weighted by atomic mass is 15.4. The normalized spacial score (nSPS) is 30.1. The minimum absolute atomic E-state index is 0.151. The number of nitrogens with two attached hydrogens (primary N) is 1. The van der Waals surface area contributed by atoms with Crippen molar-refractivity contribution in [2.24, 2.45) is 16.6 Å². The molecule has 0 radical (unpaired) electrons. The van der Waals surface area contributed by atoms with E-state index in [2.05, 4.69) is 48.0 Å². The van der Waals surface area contributed by atoms with Crippen LogP contribution in [-0.2, 0) is 0 Å². The average molecular weight is 257 g/mol. The summed E-state index contributed by atoms with van der Waals surface area (Å²) in [6.07, 6.45) is 5.01. The van der Waals surface area contributed by atoms with Crippen molar-refractivity contribution in [3.8, 4) is 0 Å².